The molecule has 1 saturated carbocycles. The number of fused-ring (bicyclic) bond motifs is 1. The summed E-state index contributed by atoms with van der Waals surface area (Å²) < 4.78 is 22.6. The van der Waals surface area contributed by atoms with E-state index in [1.165, 1.54) is 6.26 Å². The van der Waals surface area contributed by atoms with Crippen LogP contribution >= 0.6 is 0 Å². The fourth-order valence-electron chi connectivity index (χ4n) is 5.08. The van der Waals surface area contributed by atoms with Gasteiger partial charge in [0, 0.05) is 38.2 Å². The summed E-state index contributed by atoms with van der Waals surface area (Å²) in [6.07, 6.45) is 4.90. The highest BCUT2D eigenvalue weighted by Crippen LogP contribution is 2.46. The average Bonchev–Trinajstić information content (AvgIpc) is 3.41. The minimum Gasteiger partial charge on any atom is -0.489 e. The molecule has 1 aliphatic carbocycles. The number of rotatable bonds is 9. The zero-order chi connectivity index (χ0) is 25.3. The second kappa shape index (κ2) is 9.78. The molecule has 1 heterocycles. The lowest BCUT2D eigenvalue weighted by Crippen LogP contribution is -2.47. The van der Waals surface area contributed by atoms with Crippen LogP contribution in [0.25, 0.3) is 21.9 Å². The zero-order valence-corrected chi connectivity index (χ0v) is 20.2. The molecular formula is C29H28O7. The van der Waals surface area contributed by atoms with Crippen molar-refractivity contribution in [2.75, 3.05) is 14.2 Å². The maximum absolute atomic E-state index is 12.0. The maximum Gasteiger partial charge on any atom is 0.336 e. The van der Waals surface area contributed by atoms with Crippen LogP contribution < -0.4 is 4.74 Å². The number of carboxylic acids is 1. The van der Waals surface area contributed by atoms with E-state index in [-0.39, 0.29) is 17.3 Å². The predicted molar refractivity (Wildman–Crippen MR) is 134 cm³/mol. The highest BCUT2D eigenvalue weighted by Gasteiger charge is 2.46. The van der Waals surface area contributed by atoms with Gasteiger partial charge >= 0.3 is 5.97 Å². The molecule has 0 atom stereocenters. The molecule has 5 rings (SSSR count). The van der Waals surface area contributed by atoms with E-state index < -0.39 is 12.6 Å². The van der Waals surface area contributed by atoms with E-state index in [0.717, 1.165) is 29.4 Å². The van der Waals surface area contributed by atoms with Crippen molar-refractivity contribution < 1.29 is 33.6 Å². The van der Waals surface area contributed by atoms with E-state index in [2.05, 4.69) is 12.1 Å². The molecule has 186 valence electrons. The number of hydrogen-bond donors (Lipinski definition) is 2. The molecule has 36 heavy (non-hydrogen) atoms. The number of aromatic carboxylic acids is 1. The molecule has 1 aliphatic rings. The SMILES string of the molecule is CO[C@H]1C[C@](OC)(c2cccc(COc3ccc4c(-c5ccoc5)c(CO)c(C(=O)O)cc4c3)c2)C1. The van der Waals surface area contributed by atoms with Gasteiger partial charge in [-0.2, -0.15) is 0 Å². The first-order chi connectivity index (χ1) is 17.5. The molecule has 1 aromatic heterocycles. The summed E-state index contributed by atoms with van der Waals surface area (Å²) >= 11 is 0. The number of aliphatic hydroxyl groups is 1. The third-order valence-electron chi connectivity index (χ3n) is 7.11. The second-order valence-corrected chi connectivity index (χ2v) is 9.09. The summed E-state index contributed by atoms with van der Waals surface area (Å²) in [6, 6.07) is 17.1. The van der Waals surface area contributed by atoms with Crippen LogP contribution in [0.5, 0.6) is 5.75 Å². The van der Waals surface area contributed by atoms with Gasteiger partial charge < -0.3 is 28.8 Å². The average molecular weight is 489 g/mol. The van der Waals surface area contributed by atoms with Crippen LogP contribution in [0.2, 0.25) is 0 Å². The van der Waals surface area contributed by atoms with E-state index in [0.29, 0.717) is 34.4 Å². The largest absolute Gasteiger partial charge is 0.489 e. The number of methoxy groups -OCH3 is 2. The van der Waals surface area contributed by atoms with Crippen LogP contribution in [0.3, 0.4) is 0 Å². The molecule has 0 amide bonds. The summed E-state index contributed by atoms with van der Waals surface area (Å²) in [5.41, 5.74) is 3.51. The first-order valence-corrected chi connectivity index (χ1v) is 11.7. The minimum atomic E-state index is -1.10. The third kappa shape index (κ3) is 4.26. The van der Waals surface area contributed by atoms with Gasteiger partial charge in [0.2, 0.25) is 0 Å². The quantitative estimate of drug-likeness (QED) is 0.320. The Morgan fingerprint density at radius 1 is 1.11 bits per heavy atom. The molecule has 0 aliphatic heterocycles. The minimum absolute atomic E-state index is 0.0470. The second-order valence-electron chi connectivity index (χ2n) is 9.09. The monoisotopic (exact) mass is 488 g/mol. The molecule has 0 bridgehead atoms. The Bertz CT molecular complexity index is 1380. The first-order valence-electron chi connectivity index (χ1n) is 11.7. The molecule has 2 N–H and O–H groups in total. The summed E-state index contributed by atoms with van der Waals surface area (Å²) in [6.45, 7) is -0.0529. The zero-order valence-electron chi connectivity index (χ0n) is 20.2. The van der Waals surface area contributed by atoms with Crippen LogP contribution in [0, 0.1) is 0 Å². The Morgan fingerprint density at radius 3 is 2.61 bits per heavy atom. The Morgan fingerprint density at radius 2 is 1.94 bits per heavy atom. The number of carbonyl (C=O) groups is 1. The van der Waals surface area contributed by atoms with Gasteiger partial charge in [0.1, 0.15) is 12.4 Å². The van der Waals surface area contributed by atoms with Crippen LogP contribution in [-0.4, -0.2) is 36.5 Å². The molecule has 7 nitrogen and oxygen atoms in total. The Kier molecular flexibility index (Phi) is 6.53. The molecule has 0 radical (unpaired) electrons. The van der Waals surface area contributed by atoms with Gasteiger partial charge in [0.25, 0.3) is 0 Å². The van der Waals surface area contributed by atoms with Crippen molar-refractivity contribution in [3.63, 3.8) is 0 Å². The van der Waals surface area contributed by atoms with Crippen LogP contribution in [0.1, 0.15) is 39.9 Å². The molecular weight excluding hydrogens is 460 g/mol. The molecule has 3 aromatic carbocycles. The Balaban J connectivity index is 1.44. The van der Waals surface area contributed by atoms with Crippen molar-refractivity contribution in [3.8, 4) is 16.9 Å². The molecule has 0 unspecified atom stereocenters. The third-order valence-corrected chi connectivity index (χ3v) is 7.11. The van der Waals surface area contributed by atoms with E-state index in [1.54, 1.807) is 32.6 Å². The standard InChI is InChI=1S/C29H28O7/c1-33-23-13-29(14-23,34-2)21-5-3-4-18(10-21)16-36-22-6-7-24-20(11-22)12-25(28(31)32)26(15-30)27(24)19-8-9-35-17-19/h3-12,17,23,30H,13-16H2,1-2H3,(H,31,32)/t23-,29+. The fourth-order valence-corrected chi connectivity index (χ4v) is 5.08. The van der Waals surface area contributed by atoms with Crippen molar-refractivity contribution in [2.45, 2.75) is 37.8 Å². The van der Waals surface area contributed by atoms with Gasteiger partial charge in [-0.25, -0.2) is 4.79 Å². The fraction of sp³-hybridized carbons (Fsp3) is 0.276. The summed E-state index contributed by atoms with van der Waals surface area (Å²) in [7, 11) is 3.45. The van der Waals surface area contributed by atoms with Crippen molar-refractivity contribution >= 4 is 16.7 Å². The normalized spacial score (nSPS) is 19.2. The Hall–Kier alpha value is -3.65. The van der Waals surface area contributed by atoms with Crippen LogP contribution in [0.4, 0.5) is 0 Å². The molecule has 1 fully saturated rings. The number of aliphatic hydroxyl groups excluding tert-OH is 1. The van der Waals surface area contributed by atoms with Gasteiger partial charge in [0.05, 0.1) is 36.4 Å². The lowest BCUT2D eigenvalue weighted by atomic mass is 9.72. The van der Waals surface area contributed by atoms with Crippen molar-refractivity contribution in [2.24, 2.45) is 0 Å². The van der Waals surface area contributed by atoms with E-state index in [1.807, 2.05) is 30.3 Å². The van der Waals surface area contributed by atoms with Crippen molar-refractivity contribution in [1.29, 1.82) is 0 Å². The van der Waals surface area contributed by atoms with E-state index in [9.17, 15) is 15.0 Å². The van der Waals surface area contributed by atoms with Gasteiger partial charge in [0.15, 0.2) is 0 Å². The summed E-state index contributed by atoms with van der Waals surface area (Å²) in [4.78, 5) is 12.0. The molecule has 7 heteroatoms. The number of furan rings is 1. The number of hydrogen-bond acceptors (Lipinski definition) is 6. The van der Waals surface area contributed by atoms with Gasteiger partial charge in [-0.05, 0) is 57.8 Å². The highest BCUT2D eigenvalue weighted by atomic mass is 16.5. The van der Waals surface area contributed by atoms with Gasteiger partial charge in [-0.15, -0.1) is 0 Å². The van der Waals surface area contributed by atoms with Crippen molar-refractivity contribution in [1.82, 2.24) is 0 Å². The number of benzene rings is 3. The number of carboxylic acid groups (broad SMARTS) is 1. The van der Waals surface area contributed by atoms with Gasteiger partial charge in [-0.1, -0.05) is 24.3 Å². The molecule has 4 aromatic rings. The lowest BCUT2D eigenvalue weighted by Gasteiger charge is -2.46. The predicted octanol–water partition coefficient (Wildman–Crippen LogP) is 5.52. The highest BCUT2D eigenvalue weighted by molar-refractivity contribution is 6.05. The first kappa shape index (κ1) is 24.1. The lowest BCUT2D eigenvalue weighted by molar-refractivity contribution is -0.154. The van der Waals surface area contributed by atoms with Crippen molar-refractivity contribution in [3.05, 3.63) is 89.4 Å². The summed E-state index contributed by atoms with van der Waals surface area (Å²) in [5.74, 6) is -0.490. The Labute approximate surface area is 208 Å². The molecule has 0 saturated heterocycles. The van der Waals surface area contributed by atoms with E-state index >= 15 is 0 Å². The summed E-state index contributed by atoms with van der Waals surface area (Å²) in [5, 5.41) is 21.3. The van der Waals surface area contributed by atoms with E-state index in [4.69, 9.17) is 18.6 Å². The smallest absolute Gasteiger partial charge is 0.336 e. The topological polar surface area (TPSA) is 98.4 Å². The van der Waals surface area contributed by atoms with Crippen LogP contribution in [0.15, 0.2) is 71.5 Å². The van der Waals surface area contributed by atoms with Crippen LogP contribution in [-0.2, 0) is 28.3 Å². The van der Waals surface area contributed by atoms with Gasteiger partial charge in [-0.3, -0.25) is 0 Å². The maximum atomic E-state index is 12.0. The number of ether oxygens (including phenoxy) is 3. The molecule has 0 spiro atoms.